The Balaban J connectivity index is 1.89. The van der Waals surface area contributed by atoms with Crippen LogP contribution in [0, 0.1) is 6.92 Å². The van der Waals surface area contributed by atoms with E-state index in [-0.39, 0.29) is 24.8 Å². The van der Waals surface area contributed by atoms with Gasteiger partial charge in [-0.3, -0.25) is 19.6 Å². The monoisotopic (exact) mass is 401 g/mol. The summed E-state index contributed by atoms with van der Waals surface area (Å²) in [5, 5.41) is 27.8. The van der Waals surface area contributed by atoms with Gasteiger partial charge in [-0.25, -0.2) is 4.98 Å². The number of carbonyl (C=O) groups is 2. The Labute approximate surface area is 164 Å². The Morgan fingerprint density at radius 2 is 1.93 bits per heavy atom. The van der Waals surface area contributed by atoms with Crippen LogP contribution in [-0.2, 0) is 6.54 Å². The minimum Gasteiger partial charge on any atom is -0.394 e. The molecule has 9 nitrogen and oxygen atoms in total. The average molecular weight is 401 g/mol. The molecule has 0 aliphatic rings. The summed E-state index contributed by atoms with van der Waals surface area (Å²) in [6.45, 7) is 1.31. The van der Waals surface area contributed by atoms with E-state index in [0.29, 0.717) is 27.0 Å². The first-order valence-electron chi connectivity index (χ1n) is 8.45. The zero-order valence-electron chi connectivity index (χ0n) is 15.0. The lowest BCUT2D eigenvalue weighted by Gasteiger charge is -2.03. The molecule has 4 N–H and O–H groups in total. The first-order valence-corrected chi connectivity index (χ1v) is 9.27. The van der Waals surface area contributed by atoms with Gasteiger partial charge in [0.15, 0.2) is 10.8 Å². The number of hydrogen-bond donors (Lipinski definition) is 4. The fraction of sp³-hybridized carbons (Fsp3) is 0.222. The Kier molecular flexibility index (Phi) is 6.14. The van der Waals surface area contributed by atoms with Crippen LogP contribution in [0.3, 0.4) is 0 Å². The van der Waals surface area contributed by atoms with Gasteiger partial charge in [0.05, 0.1) is 29.4 Å². The predicted molar refractivity (Wildman–Crippen MR) is 104 cm³/mol. The average Bonchev–Trinajstić information content (AvgIpc) is 3.26. The third-order valence-corrected chi connectivity index (χ3v) is 4.95. The second-order valence-electron chi connectivity index (χ2n) is 5.78. The summed E-state index contributed by atoms with van der Waals surface area (Å²) < 4.78 is 1.50. The van der Waals surface area contributed by atoms with E-state index >= 15 is 0 Å². The molecule has 2 amide bonds. The van der Waals surface area contributed by atoms with Crippen molar-refractivity contribution >= 4 is 28.3 Å². The number of nitrogens with one attached hydrogen (secondary N) is 2. The van der Waals surface area contributed by atoms with Gasteiger partial charge in [-0.2, -0.15) is 5.10 Å². The molecule has 0 unspecified atom stereocenters. The van der Waals surface area contributed by atoms with Crippen LogP contribution in [0.1, 0.15) is 26.5 Å². The highest BCUT2D eigenvalue weighted by Crippen LogP contribution is 2.33. The van der Waals surface area contributed by atoms with E-state index in [1.165, 1.54) is 16.0 Å². The van der Waals surface area contributed by atoms with Gasteiger partial charge in [0.2, 0.25) is 0 Å². The fourth-order valence-electron chi connectivity index (χ4n) is 2.58. The van der Waals surface area contributed by atoms with Crippen LogP contribution < -0.4 is 10.6 Å². The normalized spacial score (nSPS) is 10.7. The molecule has 28 heavy (non-hydrogen) atoms. The van der Waals surface area contributed by atoms with Crippen molar-refractivity contribution in [1.29, 1.82) is 0 Å². The van der Waals surface area contributed by atoms with Crippen molar-refractivity contribution in [2.75, 3.05) is 18.7 Å². The molecule has 0 radical (unpaired) electrons. The first-order chi connectivity index (χ1) is 13.5. The van der Waals surface area contributed by atoms with Crippen molar-refractivity contribution in [2.45, 2.75) is 13.5 Å². The molecule has 146 valence electrons. The Bertz CT molecular complexity index is 983. The molecule has 3 rings (SSSR count). The summed E-state index contributed by atoms with van der Waals surface area (Å²) in [5.74, 6) is -0.798. The maximum absolute atomic E-state index is 12.3. The van der Waals surface area contributed by atoms with Crippen LogP contribution in [0.5, 0.6) is 0 Å². The minimum absolute atomic E-state index is 0.111. The molecule has 0 aliphatic carbocycles. The summed E-state index contributed by atoms with van der Waals surface area (Å²) >= 11 is 1.25. The SMILES string of the molecule is Cc1nc(NC(=O)c2ccccc2)sc1-c1cc(C(=O)NCO)nn1CCO. The van der Waals surface area contributed by atoms with Gasteiger partial charge in [-0.05, 0) is 25.1 Å². The molecule has 0 saturated heterocycles. The van der Waals surface area contributed by atoms with Gasteiger partial charge < -0.3 is 15.5 Å². The molecule has 2 aromatic heterocycles. The first kappa shape index (κ1) is 19.7. The number of carbonyl (C=O) groups excluding carboxylic acids is 2. The summed E-state index contributed by atoms with van der Waals surface area (Å²) in [6.07, 6.45) is 0. The van der Waals surface area contributed by atoms with Crippen LogP contribution in [-0.4, -0.2) is 50.1 Å². The highest BCUT2D eigenvalue weighted by atomic mass is 32.1. The topological polar surface area (TPSA) is 129 Å². The lowest BCUT2D eigenvalue weighted by atomic mass is 10.2. The quantitative estimate of drug-likeness (QED) is 0.441. The third-order valence-electron chi connectivity index (χ3n) is 3.85. The number of aliphatic hydroxyl groups excluding tert-OH is 2. The standard InChI is InChI=1S/C18H19N5O4S/c1-11-15(14-9-13(17(27)19-10-25)22-23(14)7-8-24)28-18(20-11)21-16(26)12-5-3-2-4-6-12/h2-6,9,24-25H,7-8,10H2,1H3,(H,19,27)(H,20,21,26). The molecular weight excluding hydrogens is 382 g/mol. The number of thiazole rings is 1. The number of nitrogens with zero attached hydrogens (tertiary/aromatic N) is 3. The van der Waals surface area contributed by atoms with Crippen LogP contribution >= 0.6 is 11.3 Å². The number of benzene rings is 1. The zero-order chi connectivity index (χ0) is 20.1. The molecule has 0 spiro atoms. The molecule has 0 fully saturated rings. The van der Waals surface area contributed by atoms with E-state index in [4.69, 9.17) is 5.11 Å². The zero-order valence-corrected chi connectivity index (χ0v) is 15.9. The van der Waals surface area contributed by atoms with Gasteiger partial charge in [-0.1, -0.05) is 29.5 Å². The molecule has 0 aliphatic heterocycles. The fourth-order valence-corrected chi connectivity index (χ4v) is 3.57. The predicted octanol–water partition coefficient (Wildman–Crippen LogP) is 1.24. The molecular formula is C18H19N5O4S. The van der Waals surface area contributed by atoms with Crippen molar-refractivity contribution in [3.05, 3.63) is 53.3 Å². The Morgan fingerprint density at radius 1 is 1.18 bits per heavy atom. The minimum atomic E-state index is -0.528. The Morgan fingerprint density at radius 3 is 2.61 bits per heavy atom. The summed E-state index contributed by atoms with van der Waals surface area (Å²) in [7, 11) is 0. The number of aromatic nitrogens is 3. The molecule has 10 heteroatoms. The maximum atomic E-state index is 12.3. The van der Waals surface area contributed by atoms with E-state index in [2.05, 4.69) is 20.7 Å². The molecule has 0 bridgehead atoms. The summed E-state index contributed by atoms with van der Waals surface area (Å²) in [6, 6.07) is 10.4. The molecule has 1 aromatic carbocycles. The number of amides is 2. The highest BCUT2D eigenvalue weighted by Gasteiger charge is 2.20. The number of rotatable bonds is 7. The maximum Gasteiger partial charge on any atom is 0.273 e. The number of anilines is 1. The molecule has 0 saturated carbocycles. The van der Waals surface area contributed by atoms with Crippen molar-refractivity contribution < 1.29 is 19.8 Å². The molecule has 0 atom stereocenters. The van der Waals surface area contributed by atoms with Gasteiger partial charge >= 0.3 is 0 Å². The lowest BCUT2D eigenvalue weighted by molar-refractivity contribution is 0.0903. The van der Waals surface area contributed by atoms with Crippen molar-refractivity contribution in [2.24, 2.45) is 0 Å². The van der Waals surface area contributed by atoms with E-state index in [1.54, 1.807) is 37.3 Å². The Hall–Kier alpha value is -3.08. The van der Waals surface area contributed by atoms with E-state index in [1.807, 2.05) is 6.07 Å². The van der Waals surface area contributed by atoms with Crippen LogP contribution in [0.4, 0.5) is 5.13 Å². The number of aryl methyl sites for hydroxylation is 1. The number of aliphatic hydroxyl groups is 2. The smallest absolute Gasteiger partial charge is 0.273 e. The second kappa shape index (κ2) is 8.74. The summed E-state index contributed by atoms with van der Waals surface area (Å²) in [4.78, 5) is 29.4. The van der Waals surface area contributed by atoms with E-state index in [0.717, 1.165) is 0 Å². The summed E-state index contributed by atoms with van der Waals surface area (Å²) in [5.41, 5.74) is 1.87. The number of hydrogen-bond acceptors (Lipinski definition) is 7. The largest absolute Gasteiger partial charge is 0.394 e. The van der Waals surface area contributed by atoms with Gasteiger partial charge in [-0.15, -0.1) is 0 Å². The van der Waals surface area contributed by atoms with Gasteiger partial charge in [0.25, 0.3) is 11.8 Å². The van der Waals surface area contributed by atoms with Crippen molar-refractivity contribution in [1.82, 2.24) is 20.1 Å². The van der Waals surface area contributed by atoms with Crippen molar-refractivity contribution in [3.63, 3.8) is 0 Å². The molecule has 2 heterocycles. The van der Waals surface area contributed by atoms with Crippen LogP contribution in [0.25, 0.3) is 10.6 Å². The highest BCUT2D eigenvalue weighted by molar-refractivity contribution is 7.19. The van der Waals surface area contributed by atoms with E-state index in [9.17, 15) is 14.7 Å². The molecule has 3 aromatic rings. The lowest BCUT2D eigenvalue weighted by Crippen LogP contribution is -2.24. The second-order valence-corrected chi connectivity index (χ2v) is 6.78. The van der Waals surface area contributed by atoms with Crippen LogP contribution in [0.2, 0.25) is 0 Å². The van der Waals surface area contributed by atoms with Crippen LogP contribution in [0.15, 0.2) is 36.4 Å². The van der Waals surface area contributed by atoms with E-state index < -0.39 is 12.6 Å². The third kappa shape index (κ3) is 4.25. The van der Waals surface area contributed by atoms with Gasteiger partial charge in [0.1, 0.15) is 6.73 Å². The van der Waals surface area contributed by atoms with Gasteiger partial charge in [0, 0.05) is 5.56 Å². The van der Waals surface area contributed by atoms with Crippen molar-refractivity contribution in [3.8, 4) is 10.6 Å².